The predicted molar refractivity (Wildman–Crippen MR) is 60.1 cm³/mol. The number of aromatic nitrogens is 2. The lowest BCUT2D eigenvalue weighted by atomic mass is 10.1. The zero-order valence-electron chi connectivity index (χ0n) is 8.98. The molecule has 2 rings (SSSR count). The van der Waals surface area contributed by atoms with Gasteiger partial charge in [0.1, 0.15) is 11.9 Å². The monoisotopic (exact) mass is 227 g/mol. The molecule has 2 N–H and O–H groups in total. The van der Waals surface area contributed by atoms with Gasteiger partial charge in [-0.15, -0.1) is 0 Å². The summed E-state index contributed by atoms with van der Waals surface area (Å²) in [7, 11) is 0. The van der Waals surface area contributed by atoms with Gasteiger partial charge in [-0.2, -0.15) is 9.36 Å². The lowest BCUT2D eigenvalue weighted by molar-refractivity contribution is 0.161. The first-order chi connectivity index (χ1) is 7.33. The average molecular weight is 227 g/mol. The van der Waals surface area contributed by atoms with E-state index in [4.69, 9.17) is 10.5 Å². The summed E-state index contributed by atoms with van der Waals surface area (Å²) < 4.78 is 10.0. The smallest absolute Gasteiger partial charge is 0.293 e. The zero-order chi connectivity index (χ0) is 10.7. The molecule has 0 saturated heterocycles. The van der Waals surface area contributed by atoms with Crippen LogP contribution in [0.5, 0.6) is 5.19 Å². The molecule has 1 saturated carbocycles. The van der Waals surface area contributed by atoms with Crippen molar-refractivity contribution in [3.63, 3.8) is 0 Å². The van der Waals surface area contributed by atoms with Crippen molar-refractivity contribution in [1.82, 2.24) is 9.36 Å². The summed E-state index contributed by atoms with van der Waals surface area (Å²) in [5.41, 5.74) is 5.70. The summed E-state index contributed by atoms with van der Waals surface area (Å²) in [5, 5.41) is 0.706. The molecule has 5 heteroatoms. The zero-order valence-corrected chi connectivity index (χ0v) is 9.80. The first-order valence-electron chi connectivity index (χ1n) is 5.52. The van der Waals surface area contributed by atoms with Gasteiger partial charge in [0, 0.05) is 23.9 Å². The third-order valence-electron chi connectivity index (χ3n) is 2.91. The van der Waals surface area contributed by atoms with E-state index in [1.165, 1.54) is 24.4 Å². The highest BCUT2D eigenvalue weighted by molar-refractivity contribution is 7.07. The van der Waals surface area contributed by atoms with E-state index >= 15 is 0 Å². The Labute approximate surface area is 94.0 Å². The van der Waals surface area contributed by atoms with Crippen molar-refractivity contribution in [3.8, 4) is 5.19 Å². The Morgan fingerprint density at radius 2 is 2.40 bits per heavy atom. The van der Waals surface area contributed by atoms with Crippen LogP contribution in [0.25, 0.3) is 0 Å². The molecule has 0 spiro atoms. The Bertz CT molecular complexity index is 315. The van der Waals surface area contributed by atoms with Crippen molar-refractivity contribution in [3.05, 3.63) is 5.82 Å². The summed E-state index contributed by atoms with van der Waals surface area (Å²) >= 11 is 1.35. The lowest BCUT2D eigenvalue weighted by Crippen LogP contribution is -2.27. The van der Waals surface area contributed by atoms with Crippen LogP contribution < -0.4 is 10.5 Å². The summed E-state index contributed by atoms with van der Waals surface area (Å²) in [5.74, 6) is 1.37. The van der Waals surface area contributed by atoms with Crippen molar-refractivity contribution in [2.75, 3.05) is 6.54 Å². The number of hydrogen-bond donors (Lipinski definition) is 1. The Morgan fingerprint density at radius 1 is 1.53 bits per heavy atom. The summed E-state index contributed by atoms with van der Waals surface area (Å²) in [6.45, 7) is 2.76. The number of ether oxygens (including phenoxy) is 1. The van der Waals surface area contributed by atoms with E-state index in [0.717, 1.165) is 18.7 Å². The van der Waals surface area contributed by atoms with Crippen LogP contribution >= 0.6 is 11.5 Å². The molecule has 1 heterocycles. The van der Waals surface area contributed by atoms with Crippen LogP contribution in [0.4, 0.5) is 0 Å². The Hall–Kier alpha value is -0.680. The second kappa shape index (κ2) is 4.90. The topological polar surface area (TPSA) is 61.0 Å². The van der Waals surface area contributed by atoms with Crippen molar-refractivity contribution in [1.29, 1.82) is 0 Å². The number of nitrogens with two attached hydrogens (primary N) is 1. The van der Waals surface area contributed by atoms with Crippen LogP contribution in [-0.2, 0) is 6.42 Å². The molecule has 15 heavy (non-hydrogen) atoms. The fourth-order valence-corrected chi connectivity index (χ4v) is 2.65. The number of aryl methyl sites for hydroxylation is 1. The van der Waals surface area contributed by atoms with Crippen LogP contribution in [0.2, 0.25) is 0 Å². The van der Waals surface area contributed by atoms with Gasteiger partial charge >= 0.3 is 0 Å². The second-order valence-electron chi connectivity index (χ2n) is 3.91. The highest BCUT2D eigenvalue weighted by Gasteiger charge is 2.28. The normalized spacial score (nSPS) is 25.7. The molecule has 2 atom stereocenters. The maximum absolute atomic E-state index is 5.83. The van der Waals surface area contributed by atoms with Gasteiger partial charge < -0.3 is 10.5 Å². The van der Waals surface area contributed by atoms with Crippen LogP contribution in [0, 0.1) is 5.92 Å². The van der Waals surface area contributed by atoms with Crippen molar-refractivity contribution >= 4 is 11.5 Å². The van der Waals surface area contributed by atoms with Gasteiger partial charge in [0.25, 0.3) is 5.19 Å². The van der Waals surface area contributed by atoms with Crippen LogP contribution in [0.3, 0.4) is 0 Å². The average Bonchev–Trinajstić information content (AvgIpc) is 2.87. The van der Waals surface area contributed by atoms with Crippen LogP contribution in [0.15, 0.2) is 0 Å². The van der Waals surface area contributed by atoms with Gasteiger partial charge in [-0.1, -0.05) is 6.92 Å². The lowest BCUT2D eigenvalue weighted by Gasteiger charge is -2.17. The van der Waals surface area contributed by atoms with Crippen molar-refractivity contribution in [2.24, 2.45) is 11.7 Å². The van der Waals surface area contributed by atoms with E-state index in [0.29, 0.717) is 17.7 Å². The minimum absolute atomic E-state index is 0.257. The fourth-order valence-electron chi connectivity index (χ4n) is 1.99. The Balaban J connectivity index is 1.95. The van der Waals surface area contributed by atoms with Crippen molar-refractivity contribution < 1.29 is 4.74 Å². The van der Waals surface area contributed by atoms with E-state index in [2.05, 4.69) is 9.36 Å². The standard InChI is InChI=1S/C10H17N3OS/c1-2-9-12-10(15-13-9)14-8-5-3-4-7(8)6-11/h7-8H,2-6,11H2,1H3. The SMILES string of the molecule is CCc1nsc(OC2CCCC2CN)n1. The molecule has 0 amide bonds. The van der Waals surface area contributed by atoms with Gasteiger partial charge in [0.15, 0.2) is 0 Å². The molecule has 4 nitrogen and oxygen atoms in total. The minimum atomic E-state index is 0.257. The molecule has 0 bridgehead atoms. The van der Waals surface area contributed by atoms with E-state index in [1.54, 1.807) is 0 Å². The van der Waals surface area contributed by atoms with Gasteiger partial charge in [-0.25, -0.2) is 0 Å². The van der Waals surface area contributed by atoms with E-state index in [-0.39, 0.29) is 6.10 Å². The Morgan fingerprint density at radius 3 is 3.07 bits per heavy atom. The van der Waals surface area contributed by atoms with Gasteiger partial charge in [-0.05, 0) is 25.8 Å². The van der Waals surface area contributed by atoms with Gasteiger partial charge in [0.05, 0.1) is 0 Å². The highest BCUT2D eigenvalue weighted by atomic mass is 32.1. The molecule has 1 aromatic rings. The predicted octanol–water partition coefficient (Wildman–Crippen LogP) is 1.61. The van der Waals surface area contributed by atoms with Crippen LogP contribution in [-0.4, -0.2) is 22.0 Å². The fraction of sp³-hybridized carbons (Fsp3) is 0.800. The van der Waals surface area contributed by atoms with E-state index in [1.807, 2.05) is 6.92 Å². The number of hydrogen-bond acceptors (Lipinski definition) is 5. The minimum Gasteiger partial charge on any atom is -0.465 e. The summed E-state index contributed by atoms with van der Waals surface area (Å²) in [6, 6.07) is 0. The Kier molecular flexibility index (Phi) is 3.53. The number of rotatable bonds is 4. The molecule has 0 aliphatic heterocycles. The van der Waals surface area contributed by atoms with E-state index < -0.39 is 0 Å². The van der Waals surface area contributed by atoms with E-state index in [9.17, 15) is 0 Å². The van der Waals surface area contributed by atoms with Crippen molar-refractivity contribution in [2.45, 2.75) is 38.7 Å². The molecule has 1 aromatic heterocycles. The quantitative estimate of drug-likeness (QED) is 0.849. The molecular formula is C10H17N3OS. The summed E-state index contributed by atoms with van der Waals surface area (Å²) in [6.07, 6.45) is 4.62. The number of nitrogens with zero attached hydrogens (tertiary/aromatic N) is 2. The molecule has 84 valence electrons. The molecule has 1 aliphatic carbocycles. The van der Waals surface area contributed by atoms with Gasteiger partial charge in [-0.3, -0.25) is 0 Å². The highest BCUT2D eigenvalue weighted by Crippen LogP contribution is 2.29. The molecule has 2 unspecified atom stereocenters. The van der Waals surface area contributed by atoms with Crippen LogP contribution in [0.1, 0.15) is 32.0 Å². The first kappa shape index (κ1) is 10.8. The maximum atomic E-state index is 5.83. The molecule has 0 aromatic carbocycles. The first-order valence-corrected chi connectivity index (χ1v) is 6.30. The third-order valence-corrected chi connectivity index (χ3v) is 3.56. The molecule has 1 aliphatic rings. The summed E-state index contributed by atoms with van der Waals surface area (Å²) in [4.78, 5) is 4.31. The molecular weight excluding hydrogens is 210 g/mol. The second-order valence-corrected chi connectivity index (χ2v) is 4.63. The molecule has 1 fully saturated rings. The molecule has 0 radical (unpaired) electrons. The maximum Gasteiger partial charge on any atom is 0.293 e. The van der Waals surface area contributed by atoms with Gasteiger partial charge in [0.2, 0.25) is 0 Å². The largest absolute Gasteiger partial charge is 0.465 e. The third kappa shape index (κ3) is 2.46.